The molecule has 0 spiro atoms. The van der Waals surface area contributed by atoms with Gasteiger partial charge in [0.25, 0.3) is 0 Å². The number of hydrogen-bond donors (Lipinski definition) is 3. The van der Waals surface area contributed by atoms with Crippen molar-refractivity contribution >= 4 is 11.8 Å². The third kappa shape index (κ3) is 8.37. The van der Waals surface area contributed by atoms with Gasteiger partial charge in [0.05, 0.1) is 25.9 Å². The minimum Gasteiger partial charge on any atom is -0.497 e. The molecule has 0 amide bonds. The van der Waals surface area contributed by atoms with E-state index in [0.717, 1.165) is 30.4 Å². The molecule has 4 atom stereocenters. The summed E-state index contributed by atoms with van der Waals surface area (Å²) < 4.78 is 10.5. The highest BCUT2D eigenvalue weighted by atomic mass is 16.5. The number of carbonyl (C=O) groups excluding carboxylic acids is 1. The first-order valence-corrected chi connectivity index (χ1v) is 11.3. The predicted molar refractivity (Wildman–Crippen MR) is 121 cm³/mol. The highest BCUT2D eigenvalue weighted by Crippen LogP contribution is 2.34. The Morgan fingerprint density at radius 3 is 2.56 bits per heavy atom. The Morgan fingerprint density at radius 1 is 1.16 bits per heavy atom. The van der Waals surface area contributed by atoms with Crippen molar-refractivity contribution < 1.29 is 34.4 Å². The molecule has 1 unspecified atom stereocenters. The molecule has 32 heavy (non-hydrogen) atoms. The van der Waals surface area contributed by atoms with Gasteiger partial charge < -0.3 is 24.8 Å². The number of carbonyl (C=O) groups is 2. The summed E-state index contributed by atoms with van der Waals surface area (Å²) >= 11 is 0. The second kappa shape index (κ2) is 13.4. The van der Waals surface area contributed by atoms with E-state index in [1.807, 2.05) is 18.2 Å². The molecule has 1 saturated carbocycles. The summed E-state index contributed by atoms with van der Waals surface area (Å²) in [5.74, 6) is -0.578. The Balaban J connectivity index is 1.92. The Bertz CT molecular complexity index is 774. The van der Waals surface area contributed by atoms with Crippen molar-refractivity contribution in [3.05, 3.63) is 41.5 Å². The summed E-state index contributed by atoms with van der Waals surface area (Å²) in [5, 5.41) is 29.6. The zero-order valence-electron chi connectivity index (χ0n) is 19.0. The average molecular weight is 449 g/mol. The lowest BCUT2D eigenvalue weighted by Gasteiger charge is -2.18. The van der Waals surface area contributed by atoms with Crippen LogP contribution in [0.1, 0.15) is 56.1 Å². The summed E-state index contributed by atoms with van der Waals surface area (Å²) in [6.45, 7) is 0.449. The van der Waals surface area contributed by atoms with E-state index in [9.17, 15) is 19.8 Å². The van der Waals surface area contributed by atoms with Crippen molar-refractivity contribution in [3.8, 4) is 5.75 Å². The molecule has 0 aliphatic heterocycles. The number of carboxylic acid groups (broad SMARTS) is 1. The number of benzene rings is 1. The molecule has 0 heterocycles. The molecule has 3 N–H and O–H groups in total. The summed E-state index contributed by atoms with van der Waals surface area (Å²) in [5.41, 5.74) is 1.87. The lowest BCUT2D eigenvalue weighted by Crippen LogP contribution is -2.19. The molecule has 178 valence electrons. The Morgan fingerprint density at radius 2 is 1.88 bits per heavy atom. The quantitative estimate of drug-likeness (QED) is 0.296. The Kier molecular flexibility index (Phi) is 10.9. The maximum atomic E-state index is 12.3. The molecular weight excluding hydrogens is 412 g/mol. The fraction of sp³-hybridized carbons (Fsp3) is 0.600. The monoisotopic (exact) mass is 448 g/mol. The molecule has 7 nitrogen and oxygen atoms in total. The number of Topliss-reactive ketones (excluding diaryl/α,β-unsaturated/α-hetero) is 1. The van der Waals surface area contributed by atoms with Crippen LogP contribution in [0.3, 0.4) is 0 Å². The van der Waals surface area contributed by atoms with Gasteiger partial charge in [-0.25, -0.2) is 0 Å². The lowest BCUT2D eigenvalue weighted by molar-refractivity contribution is -0.137. The molecular formula is C25H36O7. The first-order valence-electron chi connectivity index (χ1n) is 11.3. The van der Waals surface area contributed by atoms with Crippen molar-refractivity contribution in [1.29, 1.82) is 0 Å². The van der Waals surface area contributed by atoms with Crippen LogP contribution in [-0.2, 0) is 27.4 Å². The summed E-state index contributed by atoms with van der Waals surface area (Å²) in [4.78, 5) is 22.9. The Hall–Kier alpha value is -2.22. The molecule has 1 aliphatic rings. The van der Waals surface area contributed by atoms with Crippen LogP contribution in [0, 0.1) is 11.8 Å². The minimum atomic E-state index is -0.785. The van der Waals surface area contributed by atoms with Crippen molar-refractivity contribution in [2.75, 3.05) is 14.2 Å². The normalized spacial score (nSPS) is 21.9. The van der Waals surface area contributed by atoms with E-state index < -0.39 is 18.2 Å². The molecule has 7 heteroatoms. The van der Waals surface area contributed by atoms with E-state index in [4.69, 9.17) is 14.6 Å². The van der Waals surface area contributed by atoms with Crippen LogP contribution in [0.5, 0.6) is 5.75 Å². The number of unbranched alkanes of at least 4 members (excludes halogenated alkanes) is 3. The van der Waals surface area contributed by atoms with E-state index in [1.54, 1.807) is 26.4 Å². The zero-order chi connectivity index (χ0) is 23.5. The fourth-order valence-corrected chi connectivity index (χ4v) is 4.37. The largest absolute Gasteiger partial charge is 0.497 e. The van der Waals surface area contributed by atoms with E-state index in [-0.39, 0.29) is 30.5 Å². The SMILES string of the molecule is COCc1cc(CC(O)/C=C/[C@H]2[C@H](O)CC(=O)[C@@H]2CCCCCCC(=O)O)cc(OC)c1. The molecule has 1 aromatic carbocycles. The number of ketones is 1. The van der Waals surface area contributed by atoms with Crippen molar-refractivity contribution in [2.24, 2.45) is 11.8 Å². The summed E-state index contributed by atoms with van der Waals surface area (Å²) in [6.07, 6.45) is 6.49. The van der Waals surface area contributed by atoms with Crippen LogP contribution in [0.4, 0.5) is 0 Å². The van der Waals surface area contributed by atoms with Gasteiger partial charge in [-0.1, -0.05) is 37.5 Å². The Labute approximate surface area is 190 Å². The maximum Gasteiger partial charge on any atom is 0.303 e. The van der Waals surface area contributed by atoms with Crippen LogP contribution >= 0.6 is 0 Å². The third-order valence-corrected chi connectivity index (χ3v) is 5.96. The van der Waals surface area contributed by atoms with Crippen molar-refractivity contribution in [1.82, 2.24) is 0 Å². The lowest BCUT2D eigenvalue weighted by atomic mass is 9.88. The van der Waals surface area contributed by atoms with Crippen LogP contribution in [0.25, 0.3) is 0 Å². The molecule has 1 aliphatic carbocycles. The van der Waals surface area contributed by atoms with Gasteiger partial charge in [-0.05, 0) is 36.1 Å². The first kappa shape index (κ1) is 26.0. The van der Waals surface area contributed by atoms with Gasteiger partial charge in [0.1, 0.15) is 11.5 Å². The maximum absolute atomic E-state index is 12.3. The zero-order valence-corrected chi connectivity index (χ0v) is 19.0. The molecule has 0 bridgehead atoms. The van der Waals surface area contributed by atoms with Crippen molar-refractivity contribution in [3.63, 3.8) is 0 Å². The fourth-order valence-electron chi connectivity index (χ4n) is 4.37. The standard InChI is InChI=1S/C25H36O7/c1-31-16-18-11-17(13-20(14-18)32-2)12-19(26)9-10-22-21(23(27)15-24(22)28)7-5-3-4-6-8-25(29)30/h9-11,13-14,19,21-22,24,26,28H,3-8,12,15-16H2,1-2H3,(H,29,30)/b10-9+/t19?,21-,22-,24-/m1/s1. The van der Waals surface area contributed by atoms with Gasteiger partial charge in [-0.3, -0.25) is 9.59 Å². The van der Waals surface area contributed by atoms with Gasteiger partial charge in [0.2, 0.25) is 0 Å². The van der Waals surface area contributed by atoms with Gasteiger partial charge >= 0.3 is 5.97 Å². The molecule has 0 aromatic heterocycles. The minimum absolute atomic E-state index is 0.0594. The first-order chi connectivity index (χ1) is 15.3. The van der Waals surface area contributed by atoms with Gasteiger partial charge in [0, 0.05) is 38.2 Å². The van der Waals surface area contributed by atoms with Crippen molar-refractivity contribution in [2.45, 2.75) is 70.2 Å². The topological polar surface area (TPSA) is 113 Å². The van der Waals surface area contributed by atoms with Gasteiger partial charge in [-0.2, -0.15) is 0 Å². The number of aliphatic hydroxyl groups is 2. The summed E-state index contributed by atoms with van der Waals surface area (Å²) in [7, 11) is 3.22. The van der Waals surface area contributed by atoms with E-state index in [0.29, 0.717) is 31.6 Å². The molecule has 0 saturated heterocycles. The van der Waals surface area contributed by atoms with E-state index >= 15 is 0 Å². The van der Waals surface area contributed by atoms with Crippen LogP contribution < -0.4 is 4.74 Å². The molecule has 1 aromatic rings. The number of aliphatic carboxylic acids is 1. The highest BCUT2D eigenvalue weighted by molar-refractivity contribution is 5.84. The van der Waals surface area contributed by atoms with E-state index in [1.165, 1.54) is 0 Å². The van der Waals surface area contributed by atoms with Crippen LogP contribution in [0.2, 0.25) is 0 Å². The number of aliphatic hydroxyl groups excluding tert-OH is 2. The number of carboxylic acids is 1. The smallest absolute Gasteiger partial charge is 0.303 e. The second-order valence-electron chi connectivity index (χ2n) is 8.55. The number of hydrogen-bond acceptors (Lipinski definition) is 6. The molecule has 1 fully saturated rings. The number of ether oxygens (including phenoxy) is 2. The summed E-state index contributed by atoms with van der Waals surface area (Å²) in [6, 6.07) is 5.73. The predicted octanol–water partition coefficient (Wildman–Crippen LogP) is 3.29. The van der Waals surface area contributed by atoms with Gasteiger partial charge in [-0.15, -0.1) is 0 Å². The van der Waals surface area contributed by atoms with E-state index in [2.05, 4.69) is 0 Å². The number of methoxy groups -OCH3 is 2. The highest BCUT2D eigenvalue weighted by Gasteiger charge is 2.39. The van der Waals surface area contributed by atoms with Crippen LogP contribution in [0.15, 0.2) is 30.4 Å². The van der Waals surface area contributed by atoms with Gasteiger partial charge in [0.15, 0.2) is 0 Å². The third-order valence-electron chi connectivity index (χ3n) is 5.96. The van der Waals surface area contributed by atoms with Crippen LogP contribution in [-0.4, -0.2) is 53.5 Å². The molecule has 0 radical (unpaired) electrons. The average Bonchev–Trinajstić information content (AvgIpc) is 3.01. The molecule has 2 rings (SSSR count). The second-order valence-corrected chi connectivity index (χ2v) is 8.55. The number of rotatable bonds is 14.